The lowest BCUT2D eigenvalue weighted by Gasteiger charge is -2.24. The first-order valence-corrected chi connectivity index (χ1v) is 6.88. The lowest BCUT2D eigenvalue weighted by atomic mass is 9.98. The Kier molecular flexibility index (Phi) is 7.06. The molecule has 0 saturated carbocycles. The molecule has 1 aromatic carbocycles. The molecule has 1 N–H and O–H groups in total. The molecule has 0 fully saturated rings. The van der Waals surface area contributed by atoms with Crippen LogP contribution in [0.25, 0.3) is 0 Å². The normalized spacial score (nSPS) is 14.3. The van der Waals surface area contributed by atoms with Crippen LogP contribution in [0, 0.1) is 17.2 Å². The van der Waals surface area contributed by atoms with E-state index in [-0.39, 0.29) is 12.3 Å². The minimum atomic E-state index is -0.890. The first kappa shape index (κ1) is 17.7. The number of esters is 1. The van der Waals surface area contributed by atoms with Gasteiger partial charge in [-0.05, 0) is 5.56 Å². The quantitative estimate of drug-likeness (QED) is 0.773. The molecule has 1 rings (SSSR count). The maximum Gasteiger partial charge on any atom is 0.328 e. The SMILES string of the molecule is COC(=O)[C@@H](NC(=O)[C@@H](OC)c1ccccc1)[C@H](C)CC#N. The van der Waals surface area contributed by atoms with E-state index in [0.717, 1.165) is 0 Å². The Hall–Kier alpha value is -2.39. The second-order valence-corrected chi connectivity index (χ2v) is 4.88. The molecule has 0 unspecified atom stereocenters. The van der Waals surface area contributed by atoms with Crippen LogP contribution in [-0.2, 0) is 19.1 Å². The van der Waals surface area contributed by atoms with Gasteiger partial charge in [0.2, 0.25) is 0 Å². The van der Waals surface area contributed by atoms with Gasteiger partial charge in [0.05, 0.1) is 13.2 Å². The average Bonchev–Trinajstić information content (AvgIpc) is 2.53. The fourth-order valence-electron chi connectivity index (χ4n) is 2.07. The molecule has 22 heavy (non-hydrogen) atoms. The highest BCUT2D eigenvalue weighted by atomic mass is 16.5. The molecule has 0 radical (unpaired) electrons. The third-order valence-corrected chi connectivity index (χ3v) is 3.31. The molecule has 1 aromatic rings. The summed E-state index contributed by atoms with van der Waals surface area (Å²) >= 11 is 0. The molecule has 6 heteroatoms. The highest BCUT2D eigenvalue weighted by Gasteiger charge is 2.31. The van der Waals surface area contributed by atoms with Crippen molar-refractivity contribution in [3.05, 3.63) is 35.9 Å². The van der Waals surface area contributed by atoms with E-state index in [9.17, 15) is 9.59 Å². The van der Waals surface area contributed by atoms with E-state index in [1.807, 2.05) is 12.1 Å². The van der Waals surface area contributed by atoms with Crippen molar-refractivity contribution in [3.63, 3.8) is 0 Å². The van der Waals surface area contributed by atoms with Gasteiger partial charge in [0, 0.05) is 19.4 Å². The lowest BCUT2D eigenvalue weighted by molar-refractivity contribution is -0.148. The molecular weight excluding hydrogens is 284 g/mol. The van der Waals surface area contributed by atoms with Crippen molar-refractivity contribution in [2.75, 3.05) is 14.2 Å². The third-order valence-electron chi connectivity index (χ3n) is 3.31. The van der Waals surface area contributed by atoms with Crippen LogP contribution >= 0.6 is 0 Å². The number of carbonyl (C=O) groups excluding carboxylic acids is 2. The Morgan fingerprint density at radius 1 is 1.27 bits per heavy atom. The van der Waals surface area contributed by atoms with Crippen LogP contribution in [0.1, 0.15) is 25.0 Å². The fourth-order valence-corrected chi connectivity index (χ4v) is 2.07. The predicted octanol–water partition coefficient (Wildman–Crippen LogP) is 1.58. The minimum absolute atomic E-state index is 0.128. The van der Waals surface area contributed by atoms with E-state index in [0.29, 0.717) is 5.56 Å². The van der Waals surface area contributed by atoms with Gasteiger partial charge >= 0.3 is 5.97 Å². The number of nitriles is 1. The molecule has 6 nitrogen and oxygen atoms in total. The first-order chi connectivity index (χ1) is 10.5. The zero-order valence-electron chi connectivity index (χ0n) is 12.9. The van der Waals surface area contributed by atoms with Crippen LogP contribution in [0.5, 0.6) is 0 Å². The lowest BCUT2D eigenvalue weighted by Crippen LogP contribution is -2.47. The number of hydrogen-bond donors (Lipinski definition) is 1. The molecule has 0 saturated heterocycles. The van der Waals surface area contributed by atoms with Gasteiger partial charge in [-0.2, -0.15) is 5.26 Å². The highest BCUT2D eigenvalue weighted by Crippen LogP contribution is 2.18. The van der Waals surface area contributed by atoms with Crippen molar-refractivity contribution in [2.45, 2.75) is 25.5 Å². The number of ether oxygens (including phenoxy) is 2. The summed E-state index contributed by atoms with van der Waals surface area (Å²) in [5.74, 6) is -1.40. The molecule has 3 atom stereocenters. The molecule has 118 valence electrons. The summed E-state index contributed by atoms with van der Waals surface area (Å²) in [4.78, 5) is 24.2. The van der Waals surface area contributed by atoms with Gasteiger partial charge in [0.15, 0.2) is 6.10 Å². The molecule has 0 heterocycles. The monoisotopic (exact) mass is 304 g/mol. The fraction of sp³-hybridized carbons (Fsp3) is 0.438. The van der Waals surface area contributed by atoms with Gasteiger partial charge in [-0.1, -0.05) is 37.3 Å². The molecule has 0 aliphatic rings. The van der Waals surface area contributed by atoms with Gasteiger partial charge in [0.25, 0.3) is 5.91 Å². The Balaban J connectivity index is 2.89. The summed E-state index contributed by atoms with van der Waals surface area (Å²) in [7, 11) is 2.66. The van der Waals surface area contributed by atoms with Crippen LogP contribution in [0.2, 0.25) is 0 Å². The Bertz CT molecular complexity index is 539. The molecule has 0 spiro atoms. The molecule has 0 aliphatic heterocycles. The van der Waals surface area contributed by atoms with E-state index >= 15 is 0 Å². The summed E-state index contributed by atoms with van der Waals surface area (Å²) in [6, 6.07) is 10.0. The standard InChI is InChI=1S/C16H20N2O4/c1-11(9-10-17)13(16(20)22-3)18-15(19)14(21-2)12-7-5-4-6-8-12/h4-8,11,13-14H,9H2,1-3H3,(H,18,19)/t11-,13+,14+/m1/s1. The van der Waals surface area contributed by atoms with Gasteiger partial charge in [0.1, 0.15) is 6.04 Å². The molecule has 0 bridgehead atoms. The maximum absolute atomic E-state index is 12.4. The van der Waals surface area contributed by atoms with Crippen molar-refractivity contribution >= 4 is 11.9 Å². The van der Waals surface area contributed by atoms with Crippen LogP contribution in [0.4, 0.5) is 0 Å². The Morgan fingerprint density at radius 3 is 2.41 bits per heavy atom. The third kappa shape index (κ3) is 4.57. The predicted molar refractivity (Wildman–Crippen MR) is 79.5 cm³/mol. The molecule has 0 aromatic heterocycles. The summed E-state index contributed by atoms with van der Waals surface area (Å²) in [6.45, 7) is 1.70. The summed E-state index contributed by atoms with van der Waals surface area (Å²) in [5.41, 5.74) is 0.680. The number of hydrogen-bond acceptors (Lipinski definition) is 5. The maximum atomic E-state index is 12.4. The number of methoxy groups -OCH3 is 2. The van der Waals surface area contributed by atoms with Gasteiger partial charge in [-0.3, -0.25) is 4.79 Å². The number of rotatable bonds is 7. The topological polar surface area (TPSA) is 88.4 Å². The van der Waals surface area contributed by atoms with Crippen molar-refractivity contribution in [1.29, 1.82) is 5.26 Å². The first-order valence-electron chi connectivity index (χ1n) is 6.88. The van der Waals surface area contributed by atoms with Crippen LogP contribution in [0.3, 0.4) is 0 Å². The molecule has 0 aliphatic carbocycles. The zero-order chi connectivity index (χ0) is 16.5. The summed E-state index contributed by atoms with van der Waals surface area (Å²) in [6.07, 6.45) is -0.703. The van der Waals surface area contributed by atoms with E-state index in [1.54, 1.807) is 31.2 Å². The number of carbonyl (C=O) groups is 2. The Morgan fingerprint density at radius 2 is 1.91 bits per heavy atom. The molecule has 1 amide bonds. The van der Waals surface area contributed by atoms with E-state index in [2.05, 4.69) is 5.32 Å². The summed E-state index contributed by atoms with van der Waals surface area (Å²) < 4.78 is 9.92. The minimum Gasteiger partial charge on any atom is -0.467 e. The number of benzene rings is 1. The smallest absolute Gasteiger partial charge is 0.328 e. The van der Waals surface area contributed by atoms with Crippen LogP contribution in [0.15, 0.2) is 30.3 Å². The second-order valence-electron chi connectivity index (χ2n) is 4.88. The number of amides is 1. The van der Waals surface area contributed by atoms with Crippen molar-refractivity contribution < 1.29 is 19.1 Å². The largest absolute Gasteiger partial charge is 0.467 e. The van der Waals surface area contributed by atoms with E-state index < -0.39 is 24.0 Å². The van der Waals surface area contributed by atoms with Gasteiger partial charge in [-0.15, -0.1) is 0 Å². The highest BCUT2D eigenvalue weighted by molar-refractivity contribution is 5.87. The number of nitrogens with one attached hydrogen (secondary N) is 1. The molecular formula is C16H20N2O4. The van der Waals surface area contributed by atoms with Gasteiger partial charge < -0.3 is 14.8 Å². The van der Waals surface area contributed by atoms with Gasteiger partial charge in [-0.25, -0.2) is 4.79 Å². The van der Waals surface area contributed by atoms with E-state index in [4.69, 9.17) is 14.7 Å². The van der Waals surface area contributed by atoms with Crippen LogP contribution in [-0.4, -0.2) is 32.1 Å². The Labute approximate surface area is 130 Å². The van der Waals surface area contributed by atoms with Crippen molar-refractivity contribution in [1.82, 2.24) is 5.32 Å². The zero-order valence-corrected chi connectivity index (χ0v) is 12.9. The van der Waals surface area contributed by atoms with Crippen molar-refractivity contribution in [2.24, 2.45) is 5.92 Å². The second kappa shape index (κ2) is 8.80. The summed E-state index contributed by atoms with van der Waals surface area (Å²) in [5, 5.41) is 11.4. The number of nitrogens with zero attached hydrogens (tertiary/aromatic N) is 1. The van der Waals surface area contributed by atoms with E-state index in [1.165, 1.54) is 14.2 Å². The average molecular weight is 304 g/mol. The van der Waals surface area contributed by atoms with Crippen molar-refractivity contribution in [3.8, 4) is 6.07 Å². The van der Waals surface area contributed by atoms with Crippen LogP contribution < -0.4 is 5.32 Å².